The maximum atomic E-state index is 11.1. The van der Waals surface area contributed by atoms with Crippen LogP contribution >= 0.6 is 7.82 Å². The molecule has 0 saturated carbocycles. The lowest BCUT2D eigenvalue weighted by molar-refractivity contribution is -0.371. The van der Waals surface area contributed by atoms with Crippen LogP contribution in [0.15, 0.2) is 0 Å². The molecule has 304 valence electrons. The Hall–Kier alpha value is -0.0900. The zero-order chi connectivity index (χ0) is 37.2. The first-order valence-corrected chi connectivity index (χ1v) is 22.8. The van der Waals surface area contributed by atoms with Crippen molar-refractivity contribution in [3.05, 3.63) is 0 Å². The number of hydrogen-bond acceptors (Lipinski definition) is 7. The Morgan fingerprint density at radius 2 is 0.780 bits per heavy atom. The van der Waals surface area contributed by atoms with Crippen LogP contribution in [0, 0.1) is 5.92 Å². The lowest BCUT2D eigenvalue weighted by Crippen LogP contribution is -2.28. The first-order valence-electron chi connectivity index (χ1n) is 21.3. The predicted molar refractivity (Wildman–Crippen MR) is 210 cm³/mol. The van der Waals surface area contributed by atoms with E-state index < -0.39 is 7.82 Å². The molecule has 0 rings (SSSR count). The van der Waals surface area contributed by atoms with Crippen LogP contribution in [0.2, 0.25) is 0 Å². The summed E-state index contributed by atoms with van der Waals surface area (Å²) in [6, 6.07) is 0. The van der Waals surface area contributed by atoms with Gasteiger partial charge in [0.25, 0.3) is 0 Å². The smallest absolute Gasteiger partial charge is 0.394 e. The van der Waals surface area contributed by atoms with Crippen LogP contribution in [0.4, 0.5) is 0 Å². The molecule has 10 heteroatoms. The van der Waals surface area contributed by atoms with Gasteiger partial charge in [-0.05, 0) is 25.2 Å². The molecule has 0 aromatic rings. The third-order valence-electron chi connectivity index (χ3n) is 9.26. The maximum Gasteiger partial charge on any atom is 0.469 e. The summed E-state index contributed by atoms with van der Waals surface area (Å²) in [6.07, 6.45) is 38.5. The summed E-state index contributed by atoms with van der Waals surface area (Å²) < 4.78 is 15.9. The van der Waals surface area contributed by atoms with Crippen molar-refractivity contribution < 1.29 is 38.8 Å². The summed E-state index contributed by atoms with van der Waals surface area (Å²) in [4.78, 5) is 28.5. The molecule has 0 radical (unpaired) electrons. The molecule has 9 nitrogen and oxygen atoms in total. The third-order valence-corrected chi connectivity index (χ3v) is 9.74. The van der Waals surface area contributed by atoms with Gasteiger partial charge in [-0.15, -0.1) is 0 Å². The van der Waals surface area contributed by atoms with Crippen LogP contribution < -0.4 is 0 Å². The largest absolute Gasteiger partial charge is 0.469 e. The molecule has 0 aliphatic carbocycles. The second kappa shape index (κ2) is 43.3. The molecule has 50 heavy (non-hydrogen) atoms. The number of hydroxylamine groups is 2. The molecule has 0 spiro atoms. The Bertz CT molecular complexity index is 661. The summed E-state index contributed by atoms with van der Waals surface area (Å²) in [6.45, 7) is 8.02. The van der Waals surface area contributed by atoms with Crippen LogP contribution in [0.3, 0.4) is 0 Å². The van der Waals surface area contributed by atoms with Crippen LogP contribution in [-0.2, 0) is 18.8 Å². The van der Waals surface area contributed by atoms with E-state index in [4.69, 9.17) is 34.2 Å². The van der Waals surface area contributed by atoms with Gasteiger partial charge in [0.1, 0.15) is 0 Å². The quantitative estimate of drug-likeness (QED) is 0.0276. The van der Waals surface area contributed by atoms with E-state index in [0.29, 0.717) is 6.54 Å². The fraction of sp³-hybridized carbons (Fsp3) is 1.00. The van der Waals surface area contributed by atoms with E-state index in [1.54, 1.807) is 0 Å². The predicted octanol–water partition coefficient (Wildman–Crippen LogP) is 11.6. The Labute approximate surface area is 310 Å². The molecule has 0 bridgehead atoms. The van der Waals surface area contributed by atoms with Gasteiger partial charge in [-0.1, -0.05) is 199 Å². The standard InChI is InChI=1S/C24H51O4P.C16H35NO4/c1-3-5-7-9-11-13-14-16-18-20-22-24(23-28-29(25,26)27)21-19-17-15-12-10-8-6-4-2;1-2-3-4-5-6-7-8-9-10-11-12-17(20-15-13-18)21-16-14-19/h24H,3-23H2,1-2H3,(H2,25,26,27);18-19H,2-16H2,1H3. The molecule has 0 amide bonds. The fourth-order valence-corrected chi connectivity index (χ4v) is 6.59. The van der Waals surface area contributed by atoms with Crippen LogP contribution in [0.25, 0.3) is 0 Å². The highest BCUT2D eigenvalue weighted by atomic mass is 31.2. The van der Waals surface area contributed by atoms with E-state index in [1.807, 2.05) is 0 Å². The molecule has 0 saturated heterocycles. The summed E-state index contributed by atoms with van der Waals surface area (Å²) >= 11 is 0. The number of aliphatic hydroxyl groups is 2. The molecular weight excluding hydrogens is 653 g/mol. The molecule has 0 aliphatic rings. The Kier molecular flexibility index (Phi) is 45.1. The van der Waals surface area contributed by atoms with Crippen molar-refractivity contribution in [3.63, 3.8) is 0 Å². The fourth-order valence-electron chi connectivity index (χ4n) is 6.18. The molecule has 0 aromatic heterocycles. The van der Waals surface area contributed by atoms with Gasteiger partial charge in [0.15, 0.2) is 0 Å². The van der Waals surface area contributed by atoms with E-state index in [-0.39, 0.29) is 39.0 Å². The van der Waals surface area contributed by atoms with Crippen LogP contribution in [0.1, 0.15) is 213 Å². The lowest BCUT2D eigenvalue weighted by atomic mass is 9.94. The van der Waals surface area contributed by atoms with Gasteiger partial charge in [-0.3, -0.25) is 14.2 Å². The Morgan fingerprint density at radius 3 is 1.08 bits per heavy atom. The molecule has 0 aromatic carbocycles. The normalized spacial score (nSPS) is 12.4. The van der Waals surface area contributed by atoms with Gasteiger partial charge < -0.3 is 20.0 Å². The van der Waals surface area contributed by atoms with Crippen molar-refractivity contribution in [1.29, 1.82) is 0 Å². The Morgan fingerprint density at radius 1 is 0.480 bits per heavy atom. The van der Waals surface area contributed by atoms with Crippen LogP contribution in [0.5, 0.6) is 0 Å². The molecule has 1 atom stereocenters. The average Bonchev–Trinajstić information content (AvgIpc) is 3.10. The van der Waals surface area contributed by atoms with Crippen molar-refractivity contribution in [2.45, 2.75) is 213 Å². The molecule has 4 N–H and O–H groups in total. The van der Waals surface area contributed by atoms with Crippen molar-refractivity contribution in [2.24, 2.45) is 5.92 Å². The number of phosphoric acid groups is 1. The highest BCUT2D eigenvalue weighted by Gasteiger charge is 2.18. The summed E-state index contributed by atoms with van der Waals surface area (Å²) in [5, 5.41) is 18.8. The van der Waals surface area contributed by atoms with Gasteiger partial charge in [-0.2, -0.15) is 0 Å². The van der Waals surface area contributed by atoms with Crippen molar-refractivity contribution in [1.82, 2.24) is 5.23 Å². The topological polar surface area (TPSA) is 129 Å². The molecular formula is C40H86NO8P. The number of hydrogen-bond donors (Lipinski definition) is 4. The summed E-state index contributed by atoms with van der Waals surface area (Å²) in [5.74, 6) is 0.289. The second-order valence-electron chi connectivity index (χ2n) is 14.2. The minimum absolute atomic E-state index is 0.0307. The molecule has 1 unspecified atom stereocenters. The summed E-state index contributed by atoms with van der Waals surface area (Å²) in [7, 11) is -4.35. The van der Waals surface area contributed by atoms with Crippen molar-refractivity contribution in [3.8, 4) is 0 Å². The summed E-state index contributed by atoms with van der Waals surface area (Å²) in [5.41, 5.74) is 0. The van der Waals surface area contributed by atoms with Gasteiger partial charge in [0.2, 0.25) is 0 Å². The first kappa shape index (κ1) is 52.0. The molecule has 0 fully saturated rings. The van der Waals surface area contributed by atoms with E-state index in [9.17, 15) is 4.57 Å². The highest BCUT2D eigenvalue weighted by Crippen LogP contribution is 2.37. The minimum Gasteiger partial charge on any atom is -0.394 e. The first-order chi connectivity index (χ1) is 24.3. The van der Waals surface area contributed by atoms with E-state index >= 15 is 0 Å². The monoisotopic (exact) mass is 740 g/mol. The Balaban J connectivity index is 0. The number of nitrogens with zero attached hydrogens (tertiary/aromatic N) is 1. The van der Waals surface area contributed by atoms with Gasteiger partial charge in [-0.25, -0.2) is 4.57 Å². The molecule has 0 heterocycles. The van der Waals surface area contributed by atoms with Crippen LogP contribution in [-0.4, -0.2) is 64.8 Å². The zero-order valence-electron chi connectivity index (χ0n) is 33.3. The zero-order valence-corrected chi connectivity index (χ0v) is 34.2. The minimum atomic E-state index is -4.35. The molecule has 0 aliphatic heterocycles. The van der Waals surface area contributed by atoms with E-state index in [1.165, 1.54) is 159 Å². The highest BCUT2D eigenvalue weighted by molar-refractivity contribution is 7.46. The van der Waals surface area contributed by atoms with E-state index in [0.717, 1.165) is 38.5 Å². The van der Waals surface area contributed by atoms with Gasteiger partial charge in [0, 0.05) is 0 Å². The average molecular weight is 740 g/mol. The van der Waals surface area contributed by atoms with Crippen molar-refractivity contribution in [2.75, 3.05) is 39.6 Å². The van der Waals surface area contributed by atoms with E-state index in [2.05, 4.69) is 20.8 Å². The van der Waals surface area contributed by atoms with Gasteiger partial charge >= 0.3 is 7.82 Å². The SMILES string of the molecule is CCCCCCCCCCCCC(CCCCCCCCCC)COP(=O)(O)O.CCCCCCCCCCCCN(OCCO)OCCO. The van der Waals surface area contributed by atoms with Gasteiger partial charge in [0.05, 0.1) is 39.6 Å². The maximum absolute atomic E-state index is 11.1. The second-order valence-corrected chi connectivity index (χ2v) is 15.5. The van der Waals surface area contributed by atoms with Crippen molar-refractivity contribution >= 4 is 7.82 Å². The number of phosphoric ester groups is 1. The lowest BCUT2D eigenvalue weighted by Gasteiger charge is -2.20. The number of rotatable bonds is 40. The number of unbranched alkanes of at least 4 members (excludes halogenated alkanes) is 25. The third kappa shape index (κ3) is 45.9. The number of aliphatic hydroxyl groups excluding tert-OH is 2.